The van der Waals surface area contributed by atoms with E-state index in [1.807, 2.05) is 4.72 Å². The molecule has 1 amide bonds. The van der Waals surface area contributed by atoms with Crippen LogP contribution >= 0.6 is 11.3 Å². The van der Waals surface area contributed by atoms with Gasteiger partial charge in [-0.3, -0.25) is 9.52 Å². The predicted octanol–water partition coefficient (Wildman–Crippen LogP) is 2.32. The molecular weight excluding hydrogens is 357 g/mol. The van der Waals surface area contributed by atoms with Crippen molar-refractivity contribution in [2.75, 3.05) is 10.0 Å². The van der Waals surface area contributed by atoms with Crippen LogP contribution in [0.2, 0.25) is 0 Å². The van der Waals surface area contributed by atoms with Gasteiger partial charge >= 0.3 is 6.18 Å². The number of hydrogen-bond donors (Lipinski definition) is 2. The van der Waals surface area contributed by atoms with Crippen molar-refractivity contribution in [3.8, 4) is 0 Å². The van der Waals surface area contributed by atoms with Crippen LogP contribution in [0, 0.1) is 0 Å². The van der Waals surface area contributed by atoms with Gasteiger partial charge in [-0.15, -0.1) is 10.2 Å². The fourth-order valence-corrected chi connectivity index (χ4v) is 3.55. The monoisotopic (exact) mass is 366 g/mol. The van der Waals surface area contributed by atoms with Gasteiger partial charge in [0.1, 0.15) is 0 Å². The van der Waals surface area contributed by atoms with Gasteiger partial charge in [0.15, 0.2) is 0 Å². The first-order valence-electron chi connectivity index (χ1n) is 5.90. The maximum atomic E-state index is 12.9. The van der Waals surface area contributed by atoms with Crippen LogP contribution in [0.15, 0.2) is 28.6 Å². The molecule has 124 valence electrons. The van der Waals surface area contributed by atoms with E-state index in [9.17, 15) is 26.4 Å². The van der Waals surface area contributed by atoms with Gasteiger partial charge in [0.05, 0.1) is 11.3 Å². The molecule has 0 unspecified atom stereocenters. The van der Waals surface area contributed by atoms with Gasteiger partial charge in [0.2, 0.25) is 11.0 Å². The first-order chi connectivity index (χ1) is 10.6. The molecule has 12 heteroatoms. The molecule has 23 heavy (non-hydrogen) atoms. The molecule has 1 aromatic carbocycles. The number of nitrogens with one attached hydrogen (secondary N) is 2. The Hall–Kier alpha value is -2.21. The summed E-state index contributed by atoms with van der Waals surface area (Å²) >= 11 is 0.515. The third kappa shape index (κ3) is 4.16. The van der Waals surface area contributed by atoms with Crippen molar-refractivity contribution in [3.05, 3.63) is 29.8 Å². The Bertz CT molecular complexity index is 833. The number of benzene rings is 1. The summed E-state index contributed by atoms with van der Waals surface area (Å²) in [6.45, 7) is 1.19. The highest BCUT2D eigenvalue weighted by Crippen LogP contribution is 2.35. The fraction of sp³-hybridized carbons (Fsp3) is 0.182. The lowest BCUT2D eigenvalue weighted by Crippen LogP contribution is -2.17. The van der Waals surface area contributed by atoms with Crippen LogP contribution < -0.4 is 10.0 Å². The molecule has 0 atom stereocenters. The van der Waals surface area contributed by atoms with Gasteiger partial charge < -0.3 is 5.32 Å². The van der Waals surface area contributed by atoms with Crippen molar-refractivity contribution < 1.29 is 26.4 Å². The molecule has 0 saturated heterocycles. The second kappa shape index (κ2) is 6.12. The maximum Gasteiger partial charge on any atom is 0.418 e. The first kappa shape index (κ1) is 17.1. The third-order valence-corrected chi connectivity index (χ3v) is 4.97. The maximum absolute atomic E-state index is 12.9. The van der Waals surface area contributed by atoms with E-state index in [0.29, 0.717) is 11.3 Å². The standard InChI is InChI=1S/C11H9F3N4O3S2/c1-6(19)15-9-16-17-10(22-9)23(20,21)18-8-5-3-2-4-7(8)11(12,13)14/h2-5,18H,1H3,(H,15,16,19). The zero-order valence-electron chi connectivity index (χ0n) is 11.4. The Morgan fingerprint density at radius 2 is 1.87 bits per heavy atom. The van der Waals surface area contributed by atoms with Gasteiger partial charge in [-0.25, -0.2) is 0 Å². The highest BCUT2D eigenvalue weighted by atomic mass is 32.2. The number of alkyl halides is 3. The van der Waals surface area contributed by atoms with Crippen LogP contribution in [-0.4, -0.2) is 24.5 Å². The van der Waals surface area contributed by atoms with Crippen molar-refractivity contribution >= 4 is 38.1 Å². The van der Waals surface area contributed by atoms with Gasteiger partial charge in [-0.2, -0.15) is 21.6 Å². The predicted molar refractivity (Wildman–Crippen MR) is 76.5 cm³/mol. The Balaban J connectivity index is 2.32. The summed E-state index contributed by atoms with van der Waals surface area (Å²) in [6.07, 6.45) is -4.72. The molecule has 0 aliphatic rings. The number of rotatable bonds is 4. The number of halogens is 3. The molecule has 0 radical (unpaired) electrons. The molecule has 1 heterocycles. The number of nitrogens with zero attached hydrogens (tertiary/aromatic N) is 2. The average molecular weight is 366 g/mol. The number of aromatic nitrogens is 2. The van der Waals surface area contributed by atoms with Crippen LogP contribution in [0.25, 0.3) is 0 Å². The zero-order valence-corrected chi connectivity index (χ0v) is 13.0. The fourth-order valence-electron chi connectivity index (χ4n) is 1.53. The van der Waals surface area contributed by atoms with E-state index >= 15 is 0 Å². The topological polar surface area (TPSA) is 101 Å². The average Bonchev–Trinajstić information content (AvgIpc) is 2.86. The molecular formula is C11H9F3N4O3S2. The third-order valence-electron chi connectivity index (χ3n) is 2.40. The largest absolute Gasteiger partial charge is 0.418 e. The van der Waals surface area contributed by atoms with Crippen LogP contribution in [0.1, 0.15) is 12.5 Å². The lowest BCUT2D eigenvalue weighted by Gasteiger charge is -2.13. The lowest BCUT2D eigenvalue weighted by molar-refractivity contribution is -0.136. The summed E-state index contributed by atoms with van der Waals surface area (Å²) in [4.78, 5) is 10.9. The highest BCUT2D eigenvalue weighted by molar-refractivity contribution is 7.94. The number of amides is 1. The summed E-state index contributed by atoms with van der Waals surface area (Å²) in [6, 6.07) is 4.13. The van der Waals surface area contributed by atoms with E-state index in [-0.39, 0.29) is 5.13 Å². The molecule has 2 N–H and O–H groups in total. The number of para-hydroxylation sites is 1. The molecule has 0 saturated carbocycles. The van der Waals surface area contributed by atoms with Crippen LogP contribution in [0.4, 0.5) is 24.0 Å². The van der Waals surface area contributed by atoms with Crippen molar-refractivity contribution in [2.45, 2.75) is 17.4 Å². The molecule has 0 bridgehead atoms. The molecule has 0 fully saturated rings. The highest BCUT2D eigenvalue weighted by Gasteiger charge is 2.34. The SMILES string of the molecule is CC(=O)Nc1nnc(S(=O)(=O)Nc2ccccc2C(F)(F)F)s1. The van der Waals surface area contributed by atoms with Crippen LogP contribution in [0.5, 0.6) is 0 Å². The van der Waals surface area contributed by atoms with Crippen molar-refractivity contribution in [1.82, 2.24) is 10.2 Å². The molecule has 7 nitrogen and oxygen atoms in total. The van der Waals surface area contributed by atoms with Crippen molar-refractivity contribution in [2.24, 2.45) is 0 Å². The molecule has 2 rings (SSSR count). The van der Waals surface area contributed by atoms with E-state index in [1.54, 1.807) is 0 Å². The molecule has 1 aromatic heterocycles. The van der Waals surface area contributed by atoms with E-state index in [4.69, 9.17) is 0 Å². The Morgan fingerprint density at radius 3 is 2.48 bits per heavy atom. The van der Waals surface area contributed by atoms with E-state index in [2.05, 4.69) is 15.5 Å². The first-order valence-corrected chi connectivity index (χ1v) is 8.20. The second-order valence-electron chi connectivity index (χ2n) is 4.20. The number of carbonyl (C=O) groups is 1. The summed E-state index contributed by atoms with van der Waals surface area (Å²) in [5.41, 5.74) is -1.76. The molecule has 0 aliphatic heterocycles. The van der Waals surface area contributed by atoms with Gasteiger partial charge in [-0.05, 0) is 12.1 Å². The van der Waals surface area contributed by atoms with Crippen LogP contribution in [-0.2, 0) is 21.0 Å². The lowest BCUT2D eigenvalue weighted by atomic mass is 10.2. The smallest absolute Gasteiger partial charge is 0.301 e. The second-order valence-corrected chi connectivity index (χ2v) is 7.04. The Morgan fingerprint density at radius 1 is 1.22 bits per heavy atom. The molecule has 0 aliphatic carbocycles. The van der Waals surface area contributed by atoms with E-state index in [1.165, 1.54) is 13.0 Å². The zero-order chi connectivity index (χ0) is 17.3. The van der Waals surface area contributed by atoms with E-state index < -0.39 is 37.7 Å². The molecule has 2 aromatic rings. The van der Waals surface area contributed by atoms with Gasteiger partial charge in [-0.1, -0.05) is 23.5 Å². The van der Waals surface area contributed by atoms with Gasteiger partial charge in [0, 0.05) is 6.92 Å². The van der Waals surface area contributed by atoms with Crippen molar-refractivity contribution in [1.29, 1.82) is 0 Å². The summed E-state index contributed by atoms with van der Waals surface area (Å²) < 4.78 is 64.0. The summed E-state index contributed by atoms with van der Waals surface area (Å²) in [7, 11) is -4.37. The minimum absolute atomic E-state index is 0.0815. The van der Waals surface area contributed by atoms with Crippen molar-refractivity contribution in [3.63, 3.8) is 0 Å². The quantitative estimate of drug-likeness (QED) is 0.809. The summed E-state index contributed by atoms with van der Waals surface area (Å²) in [5, 5.41) is 8.93. The van der Waals surface area contributed by atoms with Crippen LogP contribution in [0.3, 0.4) is 0 Å². The number of carbonyl (C=O) groups excluding carboxylic acids is 1. The minimum Gasteiger partial charge on any atom is -0.301 e. The number of anilines is 2. The number of sulfonamides is 1. The normalized spacial score (nSPS) is 12.0. The minimum atomic E-state index is -4.72. The Kier molecular flexibility index (Phi) is 4.56. The summed E-state index contributed by atoms with van der Waals surface area (Å²) in [5.74, 6) is -0.486. The molecule has 0 spiro atoms. The Labute approximate surface area is 132 Å². The van der Waals surface area contributed by atoms with E-state index in [0.717, 1.165) is 18.2 Å². The number of hydrogen-bond acceptors (Lipinski definition) is 6. The van der Waals surface area contributed by atoms with Gasteiger partial charge in [0.25, 0.3) is 14.4 Å².